The average Bonchev–Trinajstić information content (AvgIpc) is 3.18. The Balaban J connectivity index is 1.63. The van der Waals surface area contributed by atoms with E-state index < -0.39 is 6.04 Å². The number of carbonyl (C=O) groups excluding carboxylic acids is 2. The molecule has 0 bridgehead atoms. The molecule has 1 atom stereocenters. The van der Waals surface area contributed by atoms with E-state index >= 15 is 0 Å². The zero-order chi connectivity index (χ0) is 20.4. The van der Waals surface area contributed by atoms with Gasteiger partial charge < -0.3 is 20.1 Å². The number of aromatic amines is 1. The zero-order valence-electron chi connectivity index (χ0n) is 16.1. The molecule has 1 aliphatic rings. The van der Waals surface area contributed by atoms with Crippen LogP contribution in [0, 0.1) is 5.82 Å². The van der Waals surface area contributed by atoms with Crippen LogP contribution < -0.4 is 5.32 Å². The summed E-state index contributed by atoms with van der Waals surface area (Å²) in [6.45, 7) is 3.44. The van der Waals surface area contributed by atoms with Crippen LogP contribution in [0.4, 0.5) is 9.18 Å². The molecule has 1 unspecified atom stereocenters. The first-order chi connectivity index (χ1) is 14.1. The summed E-state index contributed by atoms with van der Waals surface area (Å²) in [6.07, 6.45) is 0. The van der Waals surface area contributed by atoms with Crippen molar-refractivity contribution in [2.75, 3.05) is 26.2 Å². The van der Waals surface area contributed by atoms with E-state index in [1.807, 2.05) is 31.2 Å². The second-order valence-electron chi connectivity index (χ2n) is 6.94. The number of fused-ring (bicyclic) bond motifs is 1. The van der Waals surface area contributed by atoms with Crippen molar-refractivity contribution in [1.82, 2.24) is 25.1 Å². The van der Waals surface area contributed by atoms with Crippen molar-refractivity contribution >= 4 is 23.0 Å². The number of imidazole rings is 1. The molecule has 2 aromatic carbocycles. The first-order valence-corrected chi connectivity index (χ1v) is 9.60. The molecular formula is C21H22FN5O2. The van der Waals surface area contributed by atoms with E-state index in [9.17, 15) is 14.0 Å². The van der Waals surface area contributed by atoms with Crippen LogP contribution in [0.25, 0.3) is 11.0 Å². The monoisotopic (exact) mass is 395 g/mol. The minimum atomic E-state index is -0.410. The molecule has 3 aromatic rings. The number of benzene rings is 2. The highest BCUT2D eigenvalue weighted by atomic mass is 19.1. The number of nitrogens with one attached hydrogen (secondary N) is 2. The predicted octanol–water partition coefficient (Wildman–Crippen LogP) is 2.93. The van der Waals surface area contributed by atoms with Gasteiger partial charge in [0.25, 0.3) is 5.91 Å². The number of nitrogens with zero attached hydrogens (tertiary/aromatic N) is 3. The van der Waals surface area contributed by atoms with E-state index in [4.69, 9.17) is 0 Å². The Labute approximate surface area is 167 Å². The number of hydrogen-bond acceptors (Lipinski definition) is 3. The summed E-state index contributed by atoms with van der Waals surface area (Å²) in [4.78, 5) is 36.8. The van der Waals surface area contributed by atoms with E-state index in [0.717, 1.165) is 11.0 Å². The molecule has 29 heavy (non-hydrogen) atoms. The van der Waals surface area contributed by atoms with Gasteiger partial charge in [-0.15, -0.1) is 0 Å². The molecule has 1 saturated heterocycles. The van der Waals surface area contributed by atoms with Gasteiger partial charge in [0.1, 0.15) is 17.7 Å². The van der Waals surface area contributed by atoms with Crippen LogP contribution >= 0.6 is 0 Å². The molecule has 2 heterocycles. The van der Waals surface area contributed by atoms with E-state index in [-0.39, 0.29) is 17.8 Å². The molecule has 2 N–H and O–H groups in total. The highest BCUT2D eigenvalue weighted by molar-refractivity contribution is 5.94. The number of para-hydroxylation sites is 2. The summed E-state index contributed by atoms with van der Waals surface area (Å²) in [7, 11) is 0. The second-order valence-corrected chi connectivity index (χ2v) is 6.94. The fourth-order valence-corrected chi connectivity index (χ4v) is 3.60. The minimum Gasteiger partial charge on any atom is -0.340 e. The van der Waals surface area contributed by atoms with Crippen molar-refractivity contribution in [2.45, 2.75) is 13.0 Å². The van der Waals surface area contributed by atoms with Crippen LogP contribution in [0.15, 0.2) is 48.5 Å². The van der Waals surface area contributed by atoms with Gasteiger partial charge in [-0.3, -0.25) is 4.79 Å². The van der Waals surface area contributed by atoms with Gasteiger partial charge in [0, 0.05) is 31.7 Å². The normalized spacial score (nSPS) is 16.8. The fraction of sp³-hybridized carbons (Fsp3) is 0.286. The molecule has 150 valence electrons. The number of hydrogen-bond donors (Lipinski definition) is 2. The van der Waals surface area contributed by atoms with Gasteiger partial charge in [0.05, 0.1) is 11.0 Å². The molecule has 7 nitrogen and oxygen atoms in total. The number of aromatic nitrogens is 2. The van der Waals surface area contributed by atoms with Crippen molar-refractivity contribution in [3.05, 3.63) is 65.7 Å². The summed E-state index contributed by atoms with van der Waals surface area (Å²) >= 11 is 0. The van der Waals surface area contributed by atoms with E-state index in [1.54, 1.807) is 9.80 Å². The standard InChI is InChI=1S/C21H22FN5O2/c1-2-23-21(29)27-12-11-26(20(28)14-7-9-15(22)10-8-14)13-18(27)19-24-16-5-3-4-6-17(16)25-19/h3-10,18H,2,11-13H2,1H3,(H,23,29)(H,24,25). The van der Waals surface area contributed by atoms with Gasteiger partial charge in [-0.1, -0.05) is 12.1 Å². The molecule has 1 aromatic heterocycles. The van der Waals surface area contributed by atoms with Gasteiger partial charge >= 0.3 is 6.03 Å². The van der Waals surface area contributed by atoms with E-state index in [0.29, 0.717) is 37.6 Å². The van der Waals surface area contributed by atoms with Gasteiger partial charge in [-0.25, -0.2) is 14.2 Å². The molecule has 0 aliphatic carbocycles. The molecular weight excluding hydrogens is 373 g/mol. The highest BCUT2D eigenvalue weighted by Gasteiger charge is 2.35. The van der Waals surface area contributed by atoms with Gasteiger partial charge in [0.2, 0.25) is 0 Å². The summed E-state index contributed by atoms with van der Waals surface area (Å²) in [5.74, 6) is 0.0541. The molecule has 3 amide bonds. The number of amides is 3. The third kappa shape index (κ3) is 3.78. The number of piperazine rings is 1. The van der Waals surface area contributed by atoms with Crippen molar-refractivity contribution in [3.63, 3.8) is 0 Å². The lowest BCUT2D eigenvalue weighted by Gasteiger charge is -2.40. The Hall–Kier alpha value is -3.42. The maximum atomic E-state index is 13.2. The first kappa shape index (κ1) is 18.9. The van der Waals surface area contributed by atoms with Crippen LogP contribution in [0.1, 0.15) is 29.1 Å². The molecule has 1 fully saturated rings. The Kier molecular flexibility index (Phi) is 5.16. The highest BCUT2D eigenvalue weighted by Crippen LogP contribution is 2.26. The van der Waals surface area contributed by atoms with Crippen LogP contribution in [0.2, 0.25) is 0 Å². The number of rotatable bonds is 3. The summed E-state index contributed by atoms with van der Waals surface area (Å²) < 4.78 is 13.2. The maximum Gasteiger partial charge on any atom is 0.318 e. The average molecular weight is 395 g/mol. The summed E-state index contributed by atoms with van der Waals surface area (Å²) in [5.41, 5.74) is 2.10. The third-order valence-corrected chi connectivity index (χ3v) is 5.07. The molecule has 4 rings (SSSR count). The van der Waals surface area contributed by atoms with E-state index in [1.165, 1.54) is 24.3 Å². The lowest BCUT2D eigenvalue weighted by molar-refractivity contribution is 0.0546. The lowest BCUT2D eigenvalue weighted by Crippen LogP contribution is -2.55. The van der Waals surface area contributed by atoms with Crippen LogP contribution in [0.5, 0.6) is 0 Å². The number of urea groups is 1. The van der Waals surface area contributed by atoms with Crippen molar-refractivity contribution in [1.29, 1.82) is 0 Å². The Morgan fingerprint density at radius 2 is 1.93 bits per heavy atom. The first-order valence-electron chi connectivity index (χ1n) is 9.60. The SMILES string of the molecule is CCNC(=O)N1CCN(C(=O)c2ccc(F)cc2)CC1c1nc2ccccc2[nH]1. The third-order valence-electron chi connectivity index (χ3n) is 5.07. The van der Waals surface area contributed by atoms with Gasteiger partial charge in [-0.2, -0.15) is 0 Å². The predicted molar refractivity (Wildman–Crippen MR) is 107 cm³/mol. The quantitative estimate of drug-likeness (QED) is 0.716. The van der Waals surface area contributed by atoms with Crippen molar-refractivity contribution in [3.8, 4) is 0 Å². The Bertz CT molecular complexity index is 1000. The van der Waals surface area contributed by atoms with E-state index in [2.05, 4.69) is 15.3 Å². The van der Waals surface area contributed by atoms with Crippen LogP contribution in [0.3, 0.4) is 0 Å². The Morgan fingerprint density at radius 1 is 1.17 bits per heavy atom. The topological polar surface area (TPSA) is 81.3 Å². The molecule has 0 saturated carbocycles. The molecule has 8 heteroatoms. The second kappa shape index (κ2) is 7.90. The molecule has 0 radical (unpaired) electrons. The Morgan fingerprint density at radius 3 is 2.66 bits per heavy atom. The van der Waals surface area contributed by atoms with Gasteiger partial charge in [-0.05, 0) is 43.3 Å². The fourth-order valence-electron chi connectivity index (χ4n) is 3.60. The molecule has 0 spiro atoms. The van der Waals surface area contributed by atoms with Crippen molar-refractivity contribution < 1.29 is 14.0 Å². The van der Waals surface area contributed by atoms with Crippen LogP contribution in [-0.4, -0.2) is 57.9 Å². The summed E-state index contributed by atoms with van der Waals surface area (Å²) in [6, 6.07) is 12.5. The lowest BCUT2D eigenvalue weighted by atomic mass is 10.1. The number of H-pyrrole nitrogens is 1. The maximum absolute atomic E-state index is 13.2. The minimum absolute atomic E-state index is 0.188. The largest absolute Gasteiger partial charge is 0.340 e. The number of carbonyl (C=O) groups is 2. The molecule has 1 aliphatic heterocycles. The van der Waals surface area contributed by atoms with Crippen molar-refractivity contribution in [2.24, 2.45) is 0 Å². The summed E-state index contributed by atoms with van der Waals surface area (Å²) in [5, 5.41) is 2.83. The zero-order valence-corrected chi connectivity index (χ0v) is 16.1. The van der Waals surface area contributed by atoms with Crippen LogP contribution in [-0.2, 0) is 0 Å². The smallest absolute Gasteiger partial charge is 0.318 e. The number of halogens is 1. The van der Waals surface area contributed by atoms with Gasteiger partial charge in [0.15, 0.2) is 0 Å².